The fourth-order valence-corrected chi connectivity index (χ4v) is 2.61. The topological polar surface area (TPSA) is 47.8 Å². The summed E-state index contributed by atoms with van der Waals surface area (Å²) in [6, 6.07) is 7.97. The zero-order valence-electron chi connectivity index (χ0n) is 11.5. The van der Waals surface area contributed by atoms with Gasteiger partial charge in [-0.3, -0.25) is 0 Å². The van der Waals surface area contributed by atoms with Gasteiger partial charge in [-0.25, -0.2) is 4.68 Å². The Hall–Kier alpha value is -2.23. The molecule has 0 amide bonds. The summed E-state index contributed by atoms with van der Waals surface area (Å²) in [6.45, 7) is 2.10. The third kappa shape index (κ3) is 2.29. The summed E-state index contributed by atoms with van der Waals surface area (Å²) in [6.07, 6.45) is 7.74. The highest BCUT2D eigenvalue weighted by Gasteiger charge is 2.15. The Labute approximate surface area is 117 Å². The van der Waals surface area contributed by atoms with Crippen LogP contribution < -0.4 is 0 Å². The molecule has 1 aromatic heterocycles. The van der Waals surface area contributed by atoms with E-state index >= 15 is 0 Å². The number of allylic oxidation sites excluding steroid dienone is 4. The number of para-hydroxylation sites is 1. The van der Waals surface area contributed by atoms with Gasteiger partial charge in [0.15, 0.2) is 0 Å². The van der Waals surface area contributed by atoms with Crippen LogP contribution in [0.25, 0.3) is 16.7 Å². The van der Waals surface area contributed by atoms with Crippen molar-refractivity contribution in [2.75, 3.05) is 0 Å². The Morgan fingerprint density at radius 1 is 1.30 bits per heavy atom. The van der Waals surface area contributed by atoms with Gasteiger partial charge in [0.05, 0.1) is 5.52 Å². The number of benzene rings is 1. The van der Waals surface area contributed by atoms with Gasteiger partial charge in [-0.15, -0.1) is 5.10 Å². The van der Waals surface area contributed by atoms with Crippen molar-refractivity contribution in [3.8, 4) is 0 Å². The molecule has 2 aromatic rings. The van der Waals surface area contributed by atoms with Gasteiger partial charge in [-0.1, -0.05) is 35.9 Å². The minimum Gasteiger partial charge on any atom is -0.303 e. The smallest absolute Gasteiger partial charge is 0.120 e. The Balaban J connectivity index is 1.91. The summed E-state index contributed by atoms with van der Waals surface area (Å²) in [7, 11) is 0. The molecular weight excluding hydrogens is 250 g/mol. The molecule has 0 N–H and O–H groups in total. The molecule has 20 heavy (non-hydrogen) atoms. The summed E-state index contributed by atoms with van der Waals surface area (Å²) >= 11 is 0. The molecule has 0 fully saturated rings. The minimum absolute atomic E-state index is 0.331. The number of hydrogen-bond acceptors (Lipinski definition) is 3. The molecule has 0 aliphatic heterocycles. The molecule has 1 aromatic carbocycles. The van der Waals surface area contributed by atoms with Gasteiger partial charge in [0.2, 0.25) is 0 Å². The number of aromatic nitrogens is 3. The van der Waals surface area contributed by atoms with Crippen molar-refractivity contribution in [2.45, 2.75) is 26.2 Å². The molecule has 1 heterocycles. The fourth-order valence-electron chi connectivity index (χ4n) is 2.61. The summed E-state index contributed by atoms with van der Waals surface area (Å²) in [5, 5.41) is 8.42. The third-order valence-electron chi connectivity index (χ3n) is 3.87. The quantitative estimate of drug-likeness (QED) is 0.799. The molecule has 1 aliphatic rings. The lowest BCUT2D eigenvalue weighted by atomic mass is 9.90. The molecule has 102 valence electrons. The average molecular weight is 267 g/mol. The van der Waals surface area contributed by atoms with Crippen LogP contribution in [0, 0.1) is 5.92 Å². The van der Waals surface area contributed by atoms with E-state index in [1.54, 1.807) is 0 Å². The van der Waals surface area contributed by atoms with Gasteiger partial charge in [-0.2, -0.15) is 0 Å². The first-order valence-corrected chi connectivity index (χ1v) is 6.93. The molecule has 0 saturated heterocycles. The first kappa shape index (κ1) is 12.8. The molecule has 0 bridgehead atoms. The van der Waals surface area contributed by atoms with Crippen LogP contribution in [0.5, 0.6) is 0 Å². The molecule has 4 nitrogen and oxygen atoms in total. The molecule has 1 unspecified atom stereocenters. The second-order valence-electron chi connectivity index (χ2n) is 5.19. The lowest BCUT2D eigenvalue weighted by Crippen LogP contribution is -2.07. The molecule has 0 radical (unpaired) electrons. The van der Waals surface area contributed by atoms with E-state index in [-0.39, 0.29) is 0 Å². The van der Waals surface area contributed by atoms with Crippen LogP contribution in [-0.2, 0) is 4.79 Å². The molecular formula is C16H17N3O. The lowest BCUT2D eigenvalue weighted by molar-refractivity contribution is -0.108. The predicted molar refractivity (Wildman–Crippen MR) is 79.0 cm³/mol. The van der Waals surface area contributed by atoms with Crippen LogP contribution in [0.15, 0.2) is 42.0 Å². The van der Waals surface area contributed by atoms with Crippen molar-refractivity contribution in [3.63, 3.8) is 0 Å². The summed E-state index contributed by atoms with van der Waals surface area (Å²) in [5.74, 6) is 0.331. The Morgan fingerprint density at radius 2 is 2.15 bits per heavy atom. The Kier molecular flexibility index (Phi) is 3.46. The molecule has 0 spiro atoms. The minimum atomic E-state index is 0.331. The number of carbonyl (C=O) groups excluding carboxylic acids is 1. The fraction of sp³-hybridized carbons (Fsp3) is 0.312. The van der Waals surface area contributed by atoms with Crippen molar-refractivity contribution in [3.05, 3.63) is 42.0 Å². The van der Waals surface area contributed by atoms with Crippen molar-refractivity contribution in [2.24, 2.45) is 5.92 Å². The van der Waals surface area contributed by atoms with Crippen LogP contribution in [0.2, 0.25) is 0 Å². The number of rotatable bonds is 4. The number of nitrogens with zero attached hydrogens (tertiary/aromatic N) is 3. The van der Waals surface area contributed by atoms with Crippen LogP contribution in [0.4, 0.5) is 0 Å². The number of aldehydes is 1. The molecule has 1 atom stereocenters. The van der Waals surface area contributed by atoms with Crippen molar-refractivity contribution < 1.29 is 4.79 Å². The van der Waals surface area contributed by atoms with Crippen molar-refractivity contribution in [1.29, 1.82) is 0 Å². The van der Waals surface area contributed by atoms with E-state index in [1.165, 1.54) is 5.57 Å². The maximum absolute atomic E-state index is 10.6. The lowest BCUT2D eigenvalue weighted by Gasteiger charge is -2.18. The Morgan fingerprint density at radius 3 is 2.90 bits per heavy atom. The van der Waals surface area contributed by atoms with Crippen molar-refractivity contribution in [1.82, 2.24) is 15.0 Å². The van der Waals surface area contributed by atoms with E-state index in [2.05, 4.69) is 29.4 Å². The van der Waals surface area contributed by atoms with Gasteiger partial charge in [-0.05, 0) is 37.0 Å². The van der Waals surface area contributed by atoms with Gasteiger partial charge < -0.3 is 4.79 Å². The first-order valence-electron chi connectivity index (χ1n) is 6.93. The van der Waals surface area contributed by atoms with Crippen LogP contribution in [-0.4, -0.2) is 21.3 Å². The number of carbonyl (C=O) groups is 1. The molecule has 3 rings (SSSR count). The van der Waals surface area contributed by atoms with E-state index < -0.39 is 0 Å². The van der Waals surface area contributed by atoms with E-state index in [0.29, 0.717) is 12.3 Å². The second-order valence-corrected chi connectivity index (χ2v) is 5.19. The largest absolute Gasteiger partial charge is 0.303 e. The zero-order chi connectivity index (χ0) is 13.9. The van der Waals surface area contributed by atoms with E-state index in [1.807, 2.05) is 28.9 Å². The third-order valence-corrected chi connectivity index (χ3v) is 3.87. The van der Waals surface area contributed by atoms with E-state index in [0.717, 1.165) is 35.9 Å². The average Bonchev–Trinajstić information content (AvgIpc) is 2.92. The standard InChI is InChI=1S/C16H17N3O/c1-12(10-11-20)13-6-8-14(9-7-13)19-16-5-3-2-4-15(16)17-18-19/h2-6,8,11-12H,7,9-10H2,1H3. The van der Waals surface area contributed by atoms with Gasteiger partial charge in [0.25, 0.3) is 0 Å². The first-order chi connectivity index (χ1) is 9.79. The van der Waals surface area contributed by atoms with Crippen LogP contribution >= 0.6 is 0 Å². The van der Waals surface area contributed by atoms with Gasteiger partial charge >= 0.3 is 0 Å². The normalized spacial score (nSPS) is 16.6. The maximum atomic E-state index is 10.6. The zero-order valence-corrected chi connectivity index (χ0v) is 11.5. The highest BCUT2D eigenvalue weighted by Crippen LogP contribution is 2.28. The maximum Gasteiger partial charge on any atom is 0.120 e. The van der Waals surface area contributed by atoms with Gasteiger partial charge in [0.1, 0.15) is 11.8 Å². The molecule has 1 aliphatic carbocycles. The summed E-state index contributed by atoms with van der Waals surface area (Å²) in [4.78, 5) is 10.6. The summed E-state index contributed by atoms with van der Waals surface area (Å²) in [5.41, 5.74) is 4.44. The van der Waals surface area contributed by atoms with Crippen molar-refractivity contribution >= 4 is 23.0 Å². The Bertz CT molecular complexity index is 697. The van der Waals surface area contributed by atoms with Crippen LogP contribution in [0.1, 0.15) is 26.2 Å². The highest BCUT2D eigenvalue weighted by atomic mass is 16.1. The summed E-state index contributed by atoms with van der Waals surface area (Å²) < 4.78 is 1.91. The van der Waals surface area contributed by atoms with Crippen LogP contribution in [0.3, 0.4) is 0 Å². The second kappa shape index (κ2) is 5.41. The number of fused-ring (bicyclic) bond motifs is 1. The molecule has 4 heteroatoms. The number of hydrogen-bond donors (Lipinski definition) is 0. The predicted octanol–water partition coefficient (Wildman–Crippen LogP) is 3.22. The molecule has 0 saturated carbocycles. The van der Waals surface area contributed by atoms with E-state index in [4.69, 9.17) is 0 Å². The van der Waals surface area contributed by atoms with E-state index in [9.17, 15) is 4.79 Å². The SMILES string of the molecule is CC(CC=O)C1=CC=C(n2nnc3ccccc32)CC1. The monoisotopic (exact) mass is 267 g/mol. The highest BCUT2D eigenvalue weighted by molar-refractivity contribution is 5.78. The van der Waals surface area contributed by atoms with Gasteiger partial charge in [0, 0.05) is 12.1 Å².